The quantitative estimate of drug-likeness (QED) is 0.315. The van der Waals surface area contributed by atoms with Gasteiger partial charge in [-0.1, -0.05) is 52.4 Å². The molecule has 24 heavy (non-hydrogen) atoms. The summed E-state index contributed by atoms with van der Waals surface area (Å²) in [6, 6.07) is 0. The van der Waals surface area contributed by atoms with Crippen molar-refractivity contribution in [3.63, 3.8) is 0 Å². The first kappa shape index (κ1) is 23.4. The van der Waals surface area contributed by atoms with E-state index in [9.17, 15) is 9.90 Å². The maximum absolute atomic E-state index is 12.2. The molecule has 1 unspecified atom stereocenters. The topological polar surface area (TPSA) is 65.0 Å². The normalized spacial score (nSPS) is 14.5. The molecular weight excluding hydrogens is 308 g/mol. The molecular formula is C19H38O5. The molecule has 5 nitrogen and oxygen atoms in total. The second-order valence-electron chi connectivity index (χ2n) is 6.11. The second-order valence-corrected chi connectivity index (χ2v) is 6.11. The summed E-state index contributed by atoms with van der Waals surface area (Å²) in [6.07, 6.45) is 7.53. The molecule has 0 fully saturated rings. The first-order valence-electron chi connectivity index (χ1n) is 9.65. The van der Waals surface area contributed by atoms with Crippen LogP contribution in [0.4, 0.5) is 0 Å². The van der Waals surface area contributed by atoms with Gasteiger partial charge in [0.2, 0.25) is 0 Å². The molecule has 0 aliphatic heterocycles. The van der Waals surface area contributed by atoms with Crippen LogP contribution < -0.4 is 0 Å². The lowest BCUT2D eigenvalue weighted by molar-refractivity contribution is -0.422. The van der Waals surface area contributed by atoms with Crippen LogP contribution in [0.1, 0.15) is 86.0 Å². The molecule has 0 saturated heterocycles. The average molecular weight is 347 g/mol. The van der Waals surface area contributed by atoms with E-state index in [0.717, 1.165) is 19.3 Å². The van der Waals surface area contributed by atoms with Gasteiger partial charge in [0.25, 0.3) is 5.97 Å². The summed E-state index contributed by atoms with van der Waals surface area (Å²) in [5.41, 5.74) is -1.19. The second kappa shape index (κ2) is 12.7. The molecule has 0 rings (SSSR count). The van der Waals surface area contributed by atoms with Gasteiger partial charge in [-0.2, -0.15) is 0 Å². The number of carboxylic acids is 1. The summed E-state index contributed by atoms with van der Waals surface area (Å²) in [6.45, 7) is 10.6. The van der Waals surface area contributed by atoms with E-state index in [1.54, 1.807) is 0 Å². The third kappa shape index (κ3) is 6.01. The fourth-order valence-corrected chi connectivity index (χ4v) is 3.25. The maximum Gasteiger partial charge on any atom is 0.317 e. The summed E-state index contributed by atoms with van der Waals surface area (Å²) >= 11 is 0. The Hall–Kier alpha value is -0.650. The van der Waals surface area contributed by atoms with E-state index < -0.39 is 17.4 Å². The third-order valence-corrected chi connectivity index (χ3v) is 4.56. The first-order valence-corrected chi connectivity index (χ1v) is 9.65. The minimum absolute atomic E-state index is 0.339. The number of carbonyl (C=O) groups is 1. The van der Waals surface area contributed by atoms with Crippen molar-refractivity contribution in [1.29, 1.82) is 0 Å². The Morgan fingerprint density at radius 1 is 0.792 bits per heavy atom. The highest BCUT2D eigenvalue weighted by Crippen LogP contribution is 2.45. The highest BCUT2D eigenvalue weighted by atomic mass is 16.9. The molecule has 5 heteroatoms. The molecule has 1 N–H and O–H groups in total. The lowest BCUT2D eigenvalue weighted by Crippen LogP contribution is -2.58. The van der Waals surface area contributed by atoms with Crippen molar-refractivity contribution in [2.75, 3.05) is 19.8 Å². The summed E-state index contributed by atoms with van der Waals surface area (Å²) in [4.78, 5) is 12.2. The van der Waals surface area contributed by atoms with Gasteiger partial charge >= 0.3 is 5.97 Å². The van der Waals surface area contributed by atoms with Gasteiger partial charge in [0.1, 0.15) is 5.41 Å². The molecule has 144 valence electrons. The minimum Gasteiger partial charge on any atom is -0.481 e. The Kier molecular flexibility index (Phi) is 12.3. The number of unbranched alkanes of at least 4 members (excludes halogenated alkanes) is 5. The largest absolute Gasteiger partial charge is 0.481 e. The molecule has 1 atom stereocenters. The van der Waals surface area contributed by atoms with Gasteiger partial charge in [-0.3, -0.25) is 4.79 Å². The minimum atomic E-state index is -1.52. The van der Waals surface area contributed by atoms with E-state index >= 15 is 0 Å². The van der Waals surface area contributed by atoms with Crippen molar-refractivity contribution in [3.8, 4) is 0 Å². The molecule has 0 heterocycles. The molecule has 0 aromatic heterocycles. The van der Waals surface area contributed by atoms with E-state index in [1.807, 2.05) is 27.7 Å². The zero-order chi connectivity index (χ0) is 18.5. The number of carboxylic acid groups (broad SMARTS) is 1. The molecule has 0 aromatic rings. The Morgan fingerprint density at radius 3 is 1.62 bits per heavy atom. The molecule has 0 saturated carbocycles. The van der Waals surface area contributed by atoms with Gasteiger partial charge in [-0.25, -0.2) is 0 Å². The predicted molar refractivity (Wildman–Crippen MR) is 96.0 cm³/mol. The van der Waals surface area contributed by atoms with E-state index in [2.05, 4.69) is 6.92 Å². The summed E-state index contributed by atoms with van der Waals surface area (Å²) < 4.78 is 17.4. The van der Waals surface area contributed by atoms with E-state index in [1.165, 1.54) is 19.3 Å². The van der Waals surface area contributed by atoms with Gasteiger partial charge < -0.3 is 19.3 Å². The molecule has 0 aliphatic carbocycles. The van der Waals surface area contributed by atoms with Crippen LogP contribution in [0, 0.1) is 5.41 Å². The van der Waals surface area contributed by atoms with Crippen LogP contribution in [0.15, 0.2) is 0 Å². The Bertz CT molecular complexity index is 315. The Balaban J connectivity index is 5.29. The van der Waals surface area contributed by atoms with E-state index in [0.29, 0.717) is 32.7 Å². The van der Waals surface area contributed by atoms with Crippen LogP contribution in [0.25, 0.3) is 0 Å². The average Bonchev–Trinajstić information content (AvgIpc) is 2.54. The van der Waals surface area contributed by atoms with E-state index in [-0.39, 0.29) is 0 Å². The third-order valence-electron chi connectivity index (χ3n) is 4.56. The van der Waals surface area contributed by atoms with Gasteiger partial charge in [-0.15, -0.1) is 0 Å². The van der Waals surface area contributed by atoms with Crippen molar-refractivity contribution >= 4 is 5.97 Å². The Labute approximate surface area is 148 Å². The van der Waals surface area contributed by atoms with Crippen LogP contribution in [-0.2, 0) is 19.0 Å². The lowest BCUT2D eigenvalue weighted by Gasteiger charge is -2.45. The fraction of sp³-hybridized carbons (Fsp3) is 0.947. The molecule has 0 radical (unpaired) electrons. The monoisotopic (exact) mass is 346 g/mol. The lowest BCUT2D eigenvalue weighted by atomic mass is 9.77. The van der Waals surface area contributed by atoms with Crippen molar-refractivity contribution in [3.05, 3.63) is 0 Å². The zero-order valence-corrected chi connectivity index (χ0v) is 16.4. The summed E-state index contributed by atoms with van der Waals surface area (Å²) in [5.74, 6) is -2.43. The van der Waals surface area contributed by atoms with Gasteiger partial charge in [-0.05, 0) is 33.6 Å². The zero-order valence-electron chi connectivity index (χ0n) is 16.4. The van der Waals surface area contributed by atoms with Crippen LogP contribution in [0.5, 0.6) is 0 Å². The number of rotatable bonds is 16. The fourth-order valence-electron chi connectivity index (χ4n) is 3.25. The highest BCUT2D eigenvalue weighted by molar-refractivity contribution is 5.75. The standard InChI is InChI=1S/C19H38O5/c1-6-11-12-13-14-15-16-18(7-2,17(20)21)19(22-8-3,23-9-4)24-10-5/h6-16H2,1-5H3,(H,20,21). The van der Waals surface area contributed by atoms with Crippen LogP contribution in [-0.4, -0.2) is 36.9 Å². The molecule has 0 spiro atoms. The maximum atomic E-state index is 12.2. The number of hydrogen-bond acceptors (Lipinski definition) is 4. The van der Waals surface area contributed by atoms with Crippen molar-refractivity contribution in [2.45, 2.75) is 92.0 Å². The smallest absolute Gasteiger partial charge is 0.317 e. The number of hydrogen-bond donors (Lipinski definition) is 1. The van der Waals surface area contributed by atoms with Crippen molar-refractivity contribution < 1.29 is 24.1 Å². The molecule has 0 aliphatic rings. The van der Waals surface area contributed by atoms with Gasteiger partial charge in [0, 0.05) is 19.8 Å². The van der Waals surface area contributed by atoms with Crippen LogP contribution in [0.3, 0.4) is 0 Å². The van der Waals surface area contributed by atoms with Gasteiger partial charge in [0.05, 0.1) is 0 Å². The SMILES string of the molecule is CCCCCCCCC(CC)(C(=O)O)C(OCC)(OCC)OCC. The molecule has 0 amide bonds. The van der Waals surface area contributed by atoms with Crippen molar-refractivity contribution in [1.82, 2.24) is 0 Å². The summed E-state index contributed by atoms with van der Waals surface area (Å²) in [7, 11) is 0. The number of aliphatic carboxylic acids is 1. The van der Waals surface area contributed by atoms with E-state index in [4.69, 9.17) is 14.2 Å². The predicted octanol–water partition coefficient (Wildman–Crippen LogP) is 4.98. The highest BCUT2D eigenvalue weighted by Gasteiger charge is 2.59. The van der Waals surface area contributed by atoms with Crippen molar-refractivity contribution in [2.24, 2.45) is 5.41 Å². The van der Waals surface area contributed by atoms with Crippen LogP contribution in [0.2, 0.25) is 0 Å². The Morgan fingerprint density at radius 2 is 1.25 bits per heavy atom. The van der Waals surface area contributed by atoms with Gasteiger partial charge in [0.15, 0.2) is 0 Å². The molecule has 0 bridgehead atoms. The first-order chi connectivity index (χ1) is 11.5. The van der Waals surface area contributed by atoms with Crippen LogP contribution >= 0.6 is 0 Å². The summed E-state index contributed by atoms with van der Waals surface area (Å²) in [5, 5.41) is 10.0. The number of ether oxygens (including phenoxy) is 3. The molecule has 0 aromatic carbocycles.